The first-order valence-electron chi connectivity index (χ1n) is 8.50. The number of nitrogens with one attached hydrogen (secondary N) is 1. The number of hydrogen-bond acceptors (Lipinski definition) is 4. The van der Waals surface area contributed by atoms with Crippen molar-refractivity contribution in [1.82, 2.24) is 20.0 Å². The molecule has 0 bridgehead atoms. The van der Waals surface area contributed by atoms with Gasteiger partial charge < -0.3 is 10.1 Å². The van der Waals surface area contributed by atoms with E-state index >= 15 is 0 Å². The average molecular weight is 322 g/mol. The summed E-state index contributed by atoms with van der Waals surface area (Å²) in [4.78, 5) is 14.3. The number of likely N-dealkylation sites (tertiary alicyclic amines) is 1. The van der Waals surface area contributed by atoms with E-state index in [1.54, 1.807) is 0 Å². The molecule has 1 aliphatic rings. The molecule has 130 valence electrons. The van der Waals surface area contributed by atoms with Gasteiger partial charge in [-0.25, -0.2) is 4.79 Å². The monoisotopic (exact) mass is 322 g/mol. The topological polar surface area (TPSA) is 59.4 Å². The van der Waals surface area contributed by atoms with Crippen LogP contribution in [0.4, 0.5) is 4.79 Å². The van der Waals surface area contributed by atoms with Crippen LogP contribution in [0.25, 0.3) is 0 Å². The fourth-order valence-electron chi connectivity index (χ4n) is 3.05. The Hall–Kier alpha value is -1.56. The number of nitrogens with zero attached hydrogens (tertiary/aromatic N) is 3. The van der Waals surface area contributed by atoms with Crippen LogP contribution < -0.4 is 5.32 Å². The number of rotatable bonds is 4. The Kier molecular flexibility index (Phi) is 5.68. The lowest BCUT2D eigenvalue weighted by Gasteiger charge is -2.33. The first-order valence-corrected chi connectivity index (χ1v) is 8.50. The molecule has 6 heteroatoms. The Labute approximate surface area is 139 Å². The highest BCUT2D eigenvalue weighted by atomic mass is 16.6. The van der Waals surface area contributed by atoms with Gasteiger partial charge in [0, 0.05) is 37.9 Å². The minimum absolute atomic E-state index is 0.153. The van der Waals surface area contributed by atoms with Gasteiger partial charge in [-0.1, -0.05) is 6.92 Å². The van der Waals surface area contributed by atoms with Crippen LogP contribution in [0.15, 0.2) is 6.20 Å². The molecule has 1 amide bonds. The maximum atomic E-state index is 11.9. The van der Waals surface area contributed by atoms with Gasteiger partial charge in [0.15, 0.2) is 0 Å². The number of hydrogen-bond donors (Lipinski definition) is 1. The molecule has 1 aromatic rings. The molecule has 1 N–H and O–H groups in total. The Morgan fingerprint density at radius 3 is 2.87 bits per heavy atom. The van der Waals surface area contributed by atoms with Crippen molar-refractivity contribution in [2.24, 2.45) is 7.05 Å². The van der Waals surface area contributed by atoms with E-state index in [4.69, 9.17) is 4.74 Å². The highest BCUT2D eigenvalue weighted by Crippen LogP contribution is 2.17. The molecule has 1 unspecified atom stereocenters. The fourth-order valence-corrected chi connectivity index (χ4v) is 3.05. The van der Waals surface area contributed by atoms with Crippen LogP contribution in [0.1, 0.15) is 51.8 Å². The second-order valence-electron chi connectivity index (χ2n) is 7.35. The lowest BCUT2D eigenvalue weighted by molar-refractivity contribution is 0.0470. The zero-order valence-corrected chi connectivity index (χ0v) is 15.1. The third kappa shape index (κ3) is 5.53. The van der Waals surface area contributed by atoms with Gasteiger partial charge in [-0.3, -0.25) is 9.58 Å². The van der Waals surface area contributed by atoms with Gasteiger partial charge in [-0.2, -0.15) is 5.10 Å². The molecule has 1 atom stereocenters. The number of amides is 1. The van der Waals surface area contributed by atoms with Crippen LogP contribution >= 0.6 is 0 Å². The van der Waals surface area contributed by atoms with E-state index in [1.165, 1.54) is 5.56 Å². The number of carbonyl (C=O) groups excluding carboxylic acids is 1. The van der Waals surface area contributed by atoms with Gasteiger partial charge in [0.05, 0.1) is 5.69 Å². The largest absolute Gasteiger partial charge is 0.444 e. The Morgan fingerprint density at radius 2 is 2.22 bits per heavy atom. The van der Waals surface area contributed by atoms with Crippen LogP contribution in [-0.4, -0.2) is 45.5 Å². The Balaban J connectivity index is 1.89. The number of aryl methyl sites for hydroxylation is 2. The van der Waals surface area contributed by atoms with Crippen molar-refractivity contribution in [2.75, 3.05) is 13.1 Å². The summed E-state index contributed by atoms with van der Waals surface area (Å²) in [5.74, 6) is 0. The highest BCUT2D eigenvalue weighted by Gasteiger charge is 2.24. The number of ether oxygens (including phenoxy) is 1. The van der Waals surface area contributed by atoms with Crippen molar-refractivity contribution in [3.63, 3.8) is 0 Å². The summed E-state index contributed by atoms with van der Waals surface area (Å²) in [7, 11) is 1.96. The molecule has 1 aromatic heterocycles. The van der Waals surface area contributed by atoms with E-state index in [0.717, 1.165) is 44.6 Å². The smallest absolute Gasteiger partial charge is 0.407 e. The summed E-state index contributed by atoms with van der Waals surface area (Å²) in [5.41, 5.74) is 1.99. The predicted molar refractivity (Wildman–Crippen MR) is 90.3 cm³/mol. The molecule has 0 aliphatic carbocycles. The lowest BCUT2D eigenvalue weighted by Crippen LogP contribution is -2.48. The third-order valence-corrected chi connectivity index (χ3v) is 3.95. The molecule has 0 saturated carbocycles. The van der Waals surface area contributed by atoms with E-state index in [1.807, 2.05) is 32.5 Å². The molecular weight excluding hydrogens is 292 g/mol. The standard InChI is InChI=1S/C17H30N4O2/c1-6-15-13(10-20(5)19-15)11-21-9-7-8-14(12-21)18-16(22)23-17(2,3)4/h10,14H,6-9,11-12H2,1-5H3,(H,18,22). The van der Waals surface area contributed by atoms with Crippen LogP contribution in [-0.2, 0) is 24.8 Å². The van der Waals surface area contributed by atoms with Crippen molar-refractivity contribution < 1.29 is 9.53 Å². The molecule has 23 heavy (non-hydrogen) atoms. The van der Waals surface area contributed by atoms with Crippen LogP contribution in [0, 0.1) is 0 Å². The second-order valence-corrected chi connectivity index (χ2v) is 7.35. The van der Waals surface area contributed by atoms with E-state index in [9.17, 15) is 4.79 Å². The molecule has 0 spiro atoms. The van der Waals surface area contributed by atoms with E-state index in [-0.39, 0.29) is 12.1 Å². The SMILES string of the molecule is CCc1nn(C)cc1CN1CCCC(NC(=O)OC(C)(C)C)C1. The third-order valence-electron chi connectivity index (χ3n) is 3.95. The zero-order valence-electron chi connectivity index (χ0n) is 15.1. The van der Waals surface area contributed by atoms with Gasteiger partial charge in [0.2, 0.25) is 0 Å². The summed E-state index contributed by atoms with van der Waals surface area (Å²) < 4.78 is 7.24. The van der Waals surface area contributed by atoms with Gasteiger partial charge in [0.25, 0.3) is 0 Å². The normalized spacial score (nSPS) is 19.6. The van der Waals surface area contributed by atoms with Gasteiger partial charge in [0.1, 0.15) is 5.60 Å². The number of carbonyl (C=O) groups is 1. The first-order chi connectivity index (χ1) is 10.8. The fraction of sp³-hybridized carbons (Fsp3) is 0.765. The minimum atomic E-state index is -0.454. The highest BCUT2D eigenvalue weighted by molar-refractivity contribution is 5.68. The van der Waals surface area contributed by atoms with Crippen LogP contribution in [0.2, 0.25) is 0 Å². The summed E-state index contributed by atoms with van der Waals surface area (Å²) >= 11 is 0. The molecule has 2 heterocycles. The molecule has 1 aliphatic heterocycles. The van der Waals surface area contributed by atoms with Crippen LogP contribution in [0.3, 0.4) is 0 Å². The number of aromatic nitrogens is 2. The van der Waals surface area contributed by atoms with Crippen molar-refractivity contribution in [3.05, 3.63) is 17.5 Å². The molecular formula is C17H30N4O2. The summed E-state index contributed by atoms with van der Waals surface area (Å²) in [6.45, 7) is 10.6. The van der Waals surface area contributed by atoms with Gasteiger partial charge >= 0.3 is 6.09 Å². The lowest BCUT2D eigenvalue weighted by atomic mass is 10.0. The molecule has 1 fully saturated rings. The Bertz CT molecular complexity index is 533. The maximum Gasteiger partial charge on any atom is 0.407 e. The zero-order chi connectivity index (χ0) is 17.0. The number of piperidine rings is 1. The first kappa shape index (κ1) is 17.8. The average Bonchev–Trinajstić information content (AvgIpc) is 2.76. The molecule has 0 radical (unpaired) electrons. The van der Waals surface area contributed by atoms with Crippen LogP contribution in [0.5, 0.6) is 0 Å². The second kappa shape index (κ2) is 7.34. The van der Waals surface area contributed by atoms with Crippen molar-refractivity contribution >= 4 is 6.09 Å². The summed E-state index contributed by atoms with van der Waals surface area (Å²) in [6, 6.07) is 0.153. The molecule has 0 aromatic carbocycles. The maximum absolute atomic E-state index is 11.9. The van der Waals surface area contributed by atoms with Gasteiger partial charge in [-0.15, -0.1) is 0 Å². The molecule has 6 nitrogen and oxygen atoms in total. The van der Waals surface area contributed by atoms with E-state index in [0.29, 0.717) is 0 Å². The van der Waals surface area contributed by atoms with E-state index < -0.39 is 5.60 Å². The van der Waals surface area contributed by atoms with Crippen molar-refractivity contribution in [3.8, 4) is 0 Å². The molecule has 2 rings (SSSR count). The predicted octanol–water partition coefficient (Wildman–Crippen LogP) is 2.47. The van der Waals surface area contributed by atoms with Gasteiger partial charge in [-0.05, 0) is 46.6 Å². The van der Waals surface area contributed by atoms with Crippen molar-refractivity contribution in [1.29, 1.82) is 0 Å². The quantitative estimate of drug-likeness (QED) is 0.925. The summed E-state index contributed by atoms with van der Waals surface area (Å²) in [6.07, 6.45) is 4.82. The van der Waals surface area contributed by atoms with E-state index in [2.05, 4.69) is 28.4 Å². The Morgan fingerprint density at radius 1 is 1.48 bits per heavy atom. The van der Waals surface area contributed by atoms with Crippen molar-refractivity contribution in [2.45, 2.75) is 65.1 Å². The summed E-state index contributed by atoms with van der Waals surface area (Å²) in [5, 5.41) is 7.50. The number of alkyl carbamates (subject to hydrolysis) is 1. The molecule has 1 saturated heterocycles. The minimum Gasteiger partial charge on any atom is -0.444 e.